The van der Waals surface area contributed by atoms with Crippen molar-refractivity contribution in [2.75, 3.05) is 5.75 Å². The maximum Gasteiger partial charge on any atom is 0.252 e. The fourth-order valence-electron chi connectivity index (χ4n) is 2.18. The molecule has 0 atom stereocenters. The Bertz CT molecular complexity index is 859. The average molecular weight is 357 g/mol. The van der Waals surface area contributed by atoms with Crippen molar-refractivity contribution in [1.82, 2.24) is 10.3 Å². The van der Waals surface area contributed by atoms with Gasteiger partial charge in [-0.1, -0.05) is 24.3 Å². The first-order chi connectivity index (χ1) is 11.6. The molecule has 122 valence electrons. The van der Waals surface area contributed by atoms with Crippen molar-refractivity contribution in [1.29, 1.82) is 0 Å². The Labute approximate surface area is 147 Å². The van der Waals surface area contributed by atoms with E-state index in [0.29, 0.717) is 12.1 Å². The number of thioether (sulfide) groups is 1. The first-order valence-electron chi connectivity index (χ1n) is 7.26. The topological polar surface area (TPSA) is 85.1 Å². The number of amides is 2. The van der Waals surface area contributed by atoms with Gasteiger partial charge in [0.15, 0.2) is 0 Å². The molecule has 1 aromatic heterocycles. The van der Waals surface area contributed by atoms with Crippen LogP contribution in [-0.2, 0) is 11.3 Å². The molecule has 0 spiro atoms. The second kappa shape index (κ2) is 7.46. The zero-order chi connectivity index (χ0) is 16.9. The number of primary amides is 1. The number of benzene rings is 2. The van der Waals surface area contributed by atoms with Crippen molar-refractivity contribution in [3.63, 3.8) is 0 Å². The Kier molecular flexibility index (Phi) is 5.12. The molecule has 0 saturated heterocycles. The van der Waals surface area contributed by atoms with Crippen molar-refractivity contribution in [3.05, 3.63) is 59.1 Å². The number of rotatable bonds is 6. The zero-order valence-corrected chi connectivity index (χ0v) is 14.3. The number of carbonyl (C=O) groups is 2. The van der Waals surface area contributed by atoms with Gasteiger partial charge in [-0.15, -0.1) is 23.1 Å². The van der Waals surface area contributed by atoms with Gasteiger partial charge in [0.2, 0.25) is 5.91 Å². The van der Waals surface area contributed by atoms with Crippen molar-refractivity contribution in [3.8, 4) is 0 Å². The van der Waals surface area contributed by atoms with Crippen LogP contribution in [0.2, 0.25) is 0 Å². The third-order valence-corrected chi connectivity index (χ3v) is 5.37. The molecular formula is C17H15N3O2S2. The number of aromatic nitrogens is 1. The molecule has 2 amide bonds. The lowest BCUT2D eigenvalue weighted by atomic mass is 10.2. The molecule has 0 saturated carbocycles. The predicted octanol–water partition coefficient (Wildman–Crippen LogP) is 2.80. The molecule has 5 nitrogen and oxygen atoms in total. The fraction of sp³-hybridized carbons (Fsp3) is 0.118. The van der Waals surface area contributed by atoms with Crippen molar-refractivity contribution >= 4 is 45.1 Å². The van der Waals surface area contributed by atoms with Gasteiger partial charge >= 0.3 is 0 Å². The van der Waals surface area contributed by atoms with E-state index < -0.39 is 5.91 Å². The normalized spacial score (nSPS) is 10.7. The van der Waals surface area contributed by atoms with Crippen molar-refractivity contribution < 1.29 is 9.59 Å². The van der Waals surface area contributed by atoms with Gasteiger partial charge in [0.05, 0.1) is 28.1 Å². The van der Waals surface area contributed by atoms with Gasteiger partial charge < -0.3 is 11.1 Å². The van der Waals surface area contributed by atoms with E-state index in [1.807, 2.05) is 30.3 Å². The van der Waals surface area contributed by atoms with E-state index in [1.54, 1.807) is 29.5 Å². The van der Waals surface area contributed by atoms with Crippen LogP contribution in [0, 0.1) is 0 Å². The van der Waals surface area contributed by atoms with Crippen LogP contribution in [0.5, 0.6) is 0 Å². The van der Waals surface area contributed by atoms with E-state index in [0.717, 1.165) is 20.1 Å². The van der Waals surface area contributed by atoms with Crippen LogP contribution in [0.1, 0.15) is 15.4 Å². The highest BCUT2D eigenvalue weighted by Crippen LogP contribution is 2.23. The largest absolute Gasteiger partial charge is 0.369 e. The first-order valence-corrected chi connectivity index (χ1v) is 9.06. The van der Waals surface area contributed by atoms with E-state index in [-0.39, 0.29) is 11.7 Å². The quantitative estimate of drug-likeness (QED) is 0.664. The van der Waals surface area contributed by atoms with Gasteiger partial charge in [-0.3, -0.25) is 9.59 Å². The molecule has 1 heterocycles. The van der Waals surface area contributed by atoms with Crippen LogP contribution in [-0.4, -0.2) is 22.6 Å². The Balaban J connectivity index is 1.69. The van der Waals surface area contributed by atoms with Crippen molar-refractivity contribution in [2.24, 2.45) is 5.73 Å². The Morgan fingerprint density at radius 3 is 2.67 bits per heavy atom. The number of thiazole rings is 1. The second-order valence-corrected chi connectivity index (χ2v) is 7.14. The Morgan fingerprint density at radius 2 is 1.88 bits per heavy atom. The fourth-order valence-corrected chi connectivity index (χ4v) is 3.87. The number of nitrogens with one attached hydrogen (secondary N) is 1. The molecule has 0 unspecified atom stereocenters. The van der Waals surface area contributed by atoms with E-state index in [9.17, 15) is 9.59 Å². The standard InChI is InChI=1S/C17H15N3O2S2/c18-15(21)10-23-13-7-3-1-5-11(13)17(22)19-9-16-20-12-6-2-4-8-14(12)24-16/h1-8H,9-10H2,(H2,18,21)(H,19,22). The van der Waals surface area contributed by atoms with E-state index in [2.05, 4.69) is 10.3 Å². The van der Waals surface area contributed by atoms with Crippen LogP contribution in [0.4, 0.5) is 0 Å². The van der Waals surface area contributed by atoms with Gasteiger partial charge in [-0.25, -0.2) is 4.98 Å². The number of hydrogen-bond acceptors (Lipinski definition) is 5. The van der Waals surface area contributed by atoms with Crippen LogP contribution < -0.4 is 11.1 Å². The highest BCUT2D eigenvalue weighted by Gasteiger charge is 2.13. The smallest absolute Gasteiger partial charge is 0.252 e. The molecule has 3 rings (SSSR count). The molecule has 3 aromatic rings. The molecule has 0 radical (unpaired) electrons. The van der Waals surface area contributed by atoms with Crippen molar-refractivity contribution in [2.45, 2.75) is 11.4 Å². The minimum absolute atomic E-state index is 0.141. The summed E-state index contributed by atoms with van der Waals surface area (Å²) in [4.78, 5) is 28.6. The number of fused-ring (bicyclic) bond motifs is 1. The molecule has 24 heavy (non-hydrogen) atoms. The lowest BCUT2D eigenvalue weighted by Gasteiger charge is -2.08. The molecule has 0 aliphatic carbocycles. The summed E-state index contributed by atoms with van der Waals surface area (Å²) in [7, 11) is 0. The summed E-state index contributed by atoms with van der Waals surface area (Å²) in [5, 5.41) is 3.74. The third-order valence-electron chi connectivity index (χ3n) is 3.24. The van der Waals surface area contributed by atoms with Gasteiger partial charge in [0.25, 0.3) is 5.91 Å². The number of para-hydroxylation sites is 1. The van der Waals surface area contributed by atoms with E-state index in [4.69, 9.17) is 5.73 Å². The van der Waals surface area contributed by atoms with Gasteiger partial charge in [-0.05, 0) is 24.3 Å². The van der Waals surface area contributed by atoms with E-state index in [1.165, 1.54) is 11.8 Å². The summed E-state index contributed by atoms with van der Waals surface area (Å²) in [6, 6.07) is 15.0. The van der Waals surface area contributed by atoms with Crippen LogP contribution >= 0.6 is 23.1 Å². The lowest BCUT2D eigenvalue weighted by molar-refractivity contribution is -0.115. The van der Waals surface area contributed by atoms with Crippen LogP contribution in [0.15, 0.2) is 53.4 Å². The molecule has 2 aromatic carbocycles. The maximum atomic E-state index is 12.4. The molecule has 0 fully saturated rings. The zero-order valence-electron chi connectivity index (χ0n) is 12.7. The summed E-state index contributed by atoms with van der Waals surface area (Å²) in [5.74, 6) is -0.464. The molecule has 0 bridgehead atoms. The number of nitrogens with two attached hydrogens (primary N) is 1. The van der Waals surface area contributed by atoms with Crippen LogP contribution in [0.25, 0.3) is 10.2 Å². The number of hydrogen-bond donors (Lipinski definition) is 2. The maximum absolute atomic E-state index is 12.4. The van der Waals surface area contributed by atoms with Crippen LogP contribution in [0.3, 0.4) is 0 Å². The molecule has 0 aliphatic rings. The summed E-state index contributed by atoms with van der Waals surface area (Å²) < 4.78 is 1.10. The highest BCUT2D eigenvalue weighted by atomic mass is 32.2. The molecule has 7 heteroatoms. The average Bonchev–Trinajstić information content (AvgIpc) is 3.01. The predicted molar refractivity (Wildman–Crippen MR) is 97.2 cm³/mol. The Hall–Kier alpha value is -2.38. The van der Waals surface area contributed by atoms with Gasteiger partial charge in [0.1, 0.15) is 5.01 Å². The van der Waals surface area contributed by atoms with Gasteiger partial charge in [-0.2, -0.15) is 0 Å². The molecule has 3 N–H and O–H groups in total. The molecular weight excluding hydrogens is 342 g/mol. The second-order valence-electron chi connectivity index (χ2n) is 5.01. The SMILES string of the molecule is NC(=O)CSc1ccccc1C(=O)NCc1nc2ccccc2s1. The number of nitrogens with zero attached hydrogens (tertiary/aromatic N) is 1. The minimum Gasteiger partial charge on any atom is -0.369 e. The summed E-state index contributed by atoms with van der Waals surface area (Å²) >= 11 is 2.82. The van der Waals surface area contributed by atoms with Gasteiger partial charge in [0, 0.05) is 4.90 Å². The number of carbonyl (C=O) groups excluding carboxylic acids is 2. The van der Waals surface area contributed by atoms with E-state index >= 15 is 0 Å². The Morgan fingerprint density at radius 1 is 1.12 bits per heavy atom. The highest BCUT2D eigenvalue weighted by molar-refractivity contribution is 8.00. The summed E-state index contributed by atoms with van der Waals surface area (Å²) in [6.45, 7) is 0.368. The third kappa shape index (κ3) is 3.93. The lowest BCUT2D eigenvalue weighted by Crippen LogP contribution is -2.23. The summed E-state index contributed by atoms with van der Waals surface area (Å²) in [6.07, 6.45) is 0. The summed E-state index contributed by atoms with van der Waals surface area (Å²) in [5.41, 5.74) is 6.64. The minimum atomic E-state index is -0.412. The molecule has 0 aliphatic heterocycles. The monoisotopic (exact) mass is 357 g/mol. The first kappa shape index (κ1) is 16.5.